The summed E-state index contributed by atoms with van der Waals surface area (Å²) < 4.78 is 1.85. The fourth-order valence-electron chi connectivity index (χ4n) is 2.18. The quantitative estimate of drug-likeness (QED) is 0.517. The molecule has 2 aromatic carbocycles. The minimum absolute atomic E-state index is 0.898. The standard InChI is InChI=1S/C14H9N3S/c1-2-4-12-10(3-1)5-6-11-9-17(16-13(11)12)14-15-7-8-18-14/h1-9H. The lowest BCUT2D eigenvalue weighted by Crippen LogP contribution is -1.92. The number of hydrogen-bond donors (Lipinski definition) is 0. The van der Waals surface area contributed by atoms with Crippen LogP contribution in [0.15, 0.2) is 54.2 Å². The van der Waals surface area contributed by atoms with E-state index in [0.717, 1.165) is 16.0 Å². The summed E-state index contributed by atoms with van der Waals surface area (Å²) in [6.45, 7) is 0. The van der Waals surface area contributed by atoms with E-state index in [4.69, 9.17) is 0 Å². The van der Waals surface area contributed by atoms with Gasteiger partial charge in [0.2, 0.25) is 5.13 Å². The fraction of sp³-hybridized carbons (Fsp3) is 0. The Morgan fingerprint density at radius 1 is 1.00 bits per heavy atom. The van der Waals surface area contributed by atoms with Gasteiger partial charge in [-0.3, -0.25) is 0 Å². The highest BCUT2D eigenvalue weighted by Crippen LogP contribution is 2.25. The average Bonchev–Trinajstić information content (AvgIpc) is 3.07. The number of rotatable bonds is 1. The smallest absolute Gasteiger partial charge is 0.210 e. The van der Waals surface area contributed by atoms with E-state index < -0.39 is 0 Å². The molecule has 0 N–H and O–H groups in total. The molecule has 2 aromatic heterocycles. The Bertz CT molecular complexity index is 831. The van der Waals surface area contributed by atoms with Gasteiger partial charge < -0.3 is 0 Å². The zero-order chi connectivity index (χ0) is 11.9. The van der Waals surface area contributed by atoms with Crippen molar-refractivity contribution in [2.45, 2.75) is 0 Å². The van der Waals surface area contributed by atoms with E-state index in [1.54, 1.807) is 17.5 Å². The van der Waals surface area contributed by atoms with Gasteiger partial charge in [-0.1, -0.05) is 36.4 Å². The molecule has 2 heterocycles. The predicted molar refractivity (Wildman–Crippen MR) is 74.2 cm³/mol. The largest absolute Gasteiger partial charge is 0.227 e. The van der Waals surface area contributed by atoms with Crippen molar-refractivity contribution < 1.29 is 0 Å². The number of hydrogen-bond acceptors (Lipinski definition) is 3. The van der Waals surface area contributed by atoms with Crippen molar-refractivity contribution in [1.82, 2.24) is 14.8 Å². The molecule has 0 atom stereocenters. The molecule has 0 unspecified atom stereocenters. The predicted octanol–water partition coefficient (Wildman–Crippen LogP) is 3.64. The number of thiazole rings is 1. The Morgan fingerprint density at radius 3 is 2.78 bits per heavy atom. The van der Waals surface area contributed by atoms with Gasteiger partial charge in [0.25, 0.3) is 0 Å². The van der Waals surface area contributed by atoms with Crippen molar-refractivity contribution in [3.8, 4) is 5.13 Å². The molecule has 0 amide bonds. The SMILES string of the molecule is c1ccc2c(c1)ccc1cn(-c3nccs3)nc12. The average molecular weight is 251 g/mol. The van der Waals surface area contributed by atoms with E-state index in [1.165, 1.54) is 10.8 Å². The zero-order valence-corrected chi connectivity index (χ0v) is 10.3. The highest BCUT2D eigenvalue weighted by Gasteiger charge is 2.07. The van der Waals surface area contributed by atoms with Gasteiger partial charge in [0.15, 0.2) is 0 Å². The Kier molecular flexibility index (Phi) is 1.98. The lowest BCUT2D eigenvalue weighted by Gasteiger charge is -1.96. The zero-order valence-electron chi connectivity index (χ0n) is 9.45. The molecule has 0 bridgehead atoms. The van der Waals surface area contributed by atoms with Crippen LogP contribution in [0.1, 0.15) is 0 Å². The summed E-state index contributed by atoms with van der Waals surface area (Å²) >= 11 is 1.59. The van der Waals surface area contributed by atoms with Crippen LogP contribution in [0.2, 0.25) is 0 Å². The molecule has 0 aliphatic heterocycles. The van der Waals surface area contributed by atoms with Gasteiger partial charge in [-0.25, -0.2) is 9.67 Å². The second-order valence-electron chi connectivity index (χ2n) is 4.11. The molecular formula is C14H9N3S. The molecule has 0 saturated heterocycles. The van der Waals surface area contributed by atoms with Crippen molar-refractivity contribution in [3.63, 3.8) is 0 Å². The van der Waals surface area contributed by atoms with Gasteiger partial charge in [-0.15, -0.1) is 11.3 Å². The molecule has 3 nitrogen and oxygen atoms in total. The maximum atomic E-state index is 4.65. The van der Waals surface area contributed by atoms with E-state index in [1.807, 2.05) is 28.4 Å². The minimum Gasteiger partial charge on any atom is -0.227 e. The number of nitrogens with zero attached hydrogens (tertiary/aromatic N) is 3. The first-order chi connectivity index (χ1) is 8.92. The molecule has 0 spiro atoms. The van der Waals surface area contributed by atoms with Crippen LogP contribution < -0.4 is 0 Å². The topological polar surface area (TPSA) is 30.7 Å². The monoisotopic (exact) mass is 251 g/mol. The van der Waals surface area contributed by atoms with E-state index in [-0.39, 0.29) is 0 Å². The Morgan fingerprint density at radius 2 is 1.89 bits per heavy atom. The van der Waals surface area contributed by atoms with Gasteiger partial charge >= 0.3 is 0 Å². The lowest BCUT2D eigenvalue weighted by atomic mass is 10.1. The van der Waals surface area contributed by atoms with Crippen molar-refractivity contribution in [1.29, 1.82) is 0 Å². The first kappa shape index (κ1) is 9.79. The molecule has 4 heteroatoms. The van der Waals surface area contributed by atoms with Gasteiger partial charge in [-0.05, 0) is 5.39 Å². The van der Waals surface area contributed by atoms with E-state index in [0.29, 0.717) is 0 Å². The highest BCUT2D eigenvalue weighted by atomic mass is 32.1. The summed E-state index contributed by atoms with van der Waals surface area (Å²) in [6.07, 6.45) is 3.82. The second kappa shape index (κ2) is 3.65. The van der Waals surface area contributed by atoms with Gasteiger partial charge in [-0.2, -0.15) is 5.10 Å². The Labute approximate surface area is 107 Å². The van der Waals surface area contributed by atoms with Crippen LogP contribution in [0.25, 0.3) is 26.8 Å². The minimum atomic E-state index is 0.898. The Hall–Kier alpha value is -2.20. The van der Waals surface area contributed by atoms with Crippen molar-refractivity contribution in [2.75, 3.05) is 0 Å². The third-order valence-electron chi connectivity index (χ3n) is 3.02. The maximum Gasteiger partial charge on any atom is 0.210 e. The molecule has 4 rings (SSSR count). The summed E-state index contributed by atoms with van der Waals surface area (Å²) in [6, 6.07) is 12.5. The molecular weight excluding hydrogens is 242 g/mol. The normalized spacial score (nSPS) is 11.3. The van der Waals surface area contributed by atoms with Crippen LogP contribution in [0.4, 0.5) is 0 Å². The molecule has 0 aliphatic carbocycles. The van der Waals surface area contributed by atoms with Gasteiger partial charge in [0, 0.05) is 28.5 Å². The molecule has 0 radical (unpaired) electrons. The van der Waals surface area contributed by atoms with Gasteiger partial charge in [0.1, 0.15) is 5.52 Å². The first-order valence-corrected chi connectivity index (χ1v) is 6.57. The third-order valence-corrected chi connectivity index (χ3v) is 3.78. The number of fused-ring (bicyclic) bond motifs is 3. The summed E-state index contributed by atoms with van der Waals surface area (Å²) in [5, 5.41) is 11.0. The van der Waals surface area contributed by atoms with Crippen LogP contribution in [-0.4, -0.2) is 14.8 Å². The van der Waals surface area contributed by atoms with Gasteiger partial charge in [0.05, 0.1) is 0 Å². The van der Waals surface area contributed by atoms with E-state index in [9.17, 15) is 0 Å². The molecule has 18 heavy (non-hydrogen) atoms. The third kappa shape index (κ3) is 1.36. The van der Waals surface area contributed by atoms with Crippen LogP contribution in [0, 0.1) is 0 Å². The van der Waals surface area contributed by atoms with Crippen molar-refractivity contribution in [2.24, 2.45) is 0 Å². The van der Waals surface area contributed by atoms with Crippen LogP contribution >= 0.6 is 11.3 Å². The summed E-state index contributed by atoms with van der Waals surface area (Å²) in [7, 11) is 0. The molecule has 86 valence electrons. The molecule has 0 saturated carbocycles. The van der Waals surface area contributed by atoms with E-state index >= 15 is 0 Å². The summed E-state index contributed by atoms with van der Waals surface area (Å²) in [5.74, 6) is 0. The molecule has 0 aliphatic rings. The molecule has 0 fully saturated rings. The number of aromatic nitrogens is 3. The second-order valence-corrected chi connectivity index (χ2v) is 4.99. The maximum absolute atomic E-state index is 4.65. The number of benzene rings is 2. The lowest BCUT2D eigenvalue weighted by molar-refractivity contribution is 0.885. The van der Waals surface area contributed by atoms with Crippen LogP contribution in [0.3, 0.4) is 0 Å². The fourth-order valence-corrected chi connectivity index (χ4v) is 2.75. The first-order valence-electron chi connectivity index (χ1n) is 5.69. The van der Waals surface area contributed by atoms with Crippen molar-refractivity contribution >= 4 is 33.0 Å². The van der Waals surface area contributed by atoms with Crippen LogP contribution in [-0.2, 0) is 0 Å². The molecule has 4 aromatic rings. The van der Waals surface area contributed by atoms with E-state index in [2.05, 4.69) is 34.3 Å². The summed E-state index contributed by atoms with van der Waals surface area (Å²) in [5.41, 5.74) is 1.03. The van der Waals surface area contributed by atoms with Crippen LogP contribution in [0.5, 0.6) is 0 Å². The Balaban J connectivity index is 2.08. The summed E-state index contributed by atoms with van der Waals surface area (Å²) in [4.78, 5) is 4.28. The van der Waals surface area contributed by atoms with Crippen molar-refractivity contribution in [3.05, 3.63) is 54.2 Å². The highest BCUT2D eigenvalue weighted by molar-refractivity contribution is 7.12.